The lowest BCUT2D eigenvalue weighted by Crippen LogP contribution is -2.76. The summed E-state index contributed by atoms with van der Waals surface area (Å²) in [4.78, 5) is 23.0. The molecule has 3 aromatic heterocycles. The summed E-state index contributed by atoms with van der Waals surface area (Å²) in [5, 5.41) is 6.90. The normalized spacial score (nSPS) is 25.2. The zero-order valence-corrected chi connectivity index (χ0v) is 19.0. The van der Waals surface area contributed by atoms with E-state index in [1.54, 1.807) is 30.3 Å². The zero-order chi connectivity index (χ0) is 24.3. The quantitative estimate of drug-likeness (QED) is 0.597. The highest BCUT2D eigenvalue weighted by Gasteiger charge is 2.61. The van der Waals surface area contributed by atoms with E-state index in [2.05, 4.69) is 27.3 Å². The van der Waals surface area contributed by atoms with Crippen molar-refractivity contribution in [2.24, 2.45) is 5.92 Å². The van der Waals surface area contributed by atoms with Crippen LogP contribution in [0.15, 0.2) is 36.8 Å². The number of nitrogens with one attached hydrogen (secondary N) is 1. The molecule has 180 valence electrons. The number of anilines is 1. The number of pyridine rings is 1. The van der Waals surface area contributed by atoms with Crippen molar-refractivity contribution in [2.75, 3.05) is 12.4 Å². The van der Waals surface area contributed by atoms with Crippen LogP contribution in [-0.4, -0.2) is 55.3 Å². The third-order valence-electron chi connectivity index (χ3n) is 7.11. The molecule has 11 heteroatoms. The average Bonchev–Trinajstić information content (AvgIpc) is 3.25. The topological polar surface area (TPSA) is 84.7 Å². The van der Waals surface area contributed by atoms with Crippen LogP contribution in [0.25, 0.3) is 16.9 Å². The smallest absolute Gasteiger partial charge is 0.379 e. The number of alkyl halides is 3. The first-order chi connectivity index (χ1) is 16.1. The fourth-order valence-electron chi connectivity index (χ4n) is 5.55. The van der Waals surface area contributed by atoms with Gasteiger partial charge in [-0.25, -0.2) is 19.3 Å². The lowest BCUT2D eigenvalue weighted by molar-refractivity contribution is -0.155. The van der Waals surface area contributed by atoms with Crippen LogP contribution in [-0.2, 0) is 10.9 Å². The van der Waals surface area contributed by atoms with E-state index in [4.69, 9.17) is 4.74 Å². The number of hydrogen-bond acceptors (Lipinski definition) is 5. The minimum atomic E-state index is -4.66. The van der Waals surface area contributed by atoms with Crippen molar-refractivity contribution < 1.29 is 22.7 Å². The Morgan fingerprint density at radius 3 is 2.82 bits per heavy atom. The molecular weight excluding hydrogens is 449 g/mol. The van der Waals surface area contributed by atoms with Crippen LogP contribution in [0.1, 0.15) is 38.7 Å². The molecule has 0 aromatic carbocycles. The lowest BCUT2D eigenvalue weighted by atomic mass is 9.62. The molecule has 2 aliphatic rings. The number of ether oxygens (including phenoxy) is 1. The molecule has 1 aliphatic heterocycles. The maximum Gasteiger partial charge on any atom is 0.418 e. The molecule has 1 N–H and O–H groups in total. The summed E-state index contributed by atoms with van der Waals surface area (Å²) in [6.07, 6.45) is 1.47. The first kappa shape index (κ1) is 22.6. The van der Waals surface area contributed by atoms with Crippen LogP contribution >= 0.6 is 0 Å². The first-order valence-electron chi connectivity index (χ1n) is 11.1. The Labute approximate surface area is 194 Å². The number of urea groups is 1. The largest absolute Gasteiger partial charge is 0.418 e. The minimum Gasteiger partial charge on any atom is -0.379 e. The molecule has 2 fully saturated rings. The number of methoxy groups -OCH3 is 1. The SMILES string of the molecule is CO[C@H](C)[C@@]12C[C@H](C)C[C@@H](C1)N2C(=O)Nc1cc(-c2ncc3cccn3n2)c(C(F)(F)F)cn1. The summed E-state index contributed by atoms with van der Waals surface area (Å²) in [7, 11) is 1.62. The fourth-order valence-corrected chi connectivity index (χ4v) is 5.55. The Kier molecular flexibility index (Phi) is 5.27. The van der Waals surface area contributed by atoms with E-state index in [1.807, 2.05) is 6.92 Å². The molecule has 3 aromatic rings. The number of aromatic nitrogens is 4. The summed E-state index contributed by atoms with van der Waals surface area (Å²) < 4.78 is 48.2. The van der Waals surface area contributed by atoms with Crippen molar-refractivity contribution >= 4 is 17.4 Å². The van der Waals surface area contributed by atoms with Crippen molar-refractivity contribution in [3.63, 3.8) is 0 Å². The second kappa shape index (κ2) is 7.93. The number of rotatable bonds is 4. The number of halogens is 3. The molecule has 0 radical (unpaired) electrons. The van der Waals surface area contributed by atoms with E-state index in [9.17, 15) is 18.0 Å². The highest BCUT2D eigenvalue weighted by atomic mass is 19.4. The van der Waals surface area contributed by atoms with E-state index < -0.39 is 23.3 Å². The van der Waals surface area contributed by atoms with Crippen molar-refractivity contribution in [1.29, 1.82) is 0 Å². The second-order valence-corrected chi connectivity index (χ2v) is 9.26. The van der Waals surface area contributed by atoms with Crippen LogP contribution in [0.5, 0.6) is 0 Å². The molecule has 1 aliphatic carbocycles. The molecule has 4 atom stereocenters. The number of likely N-dealkylation sites (tertiary alicyclic amines) is 1. The molecule has 2 amide bonds. The number of piperidine rings is 1. The third kappa shape index (κ3) is 3.58. The maximum absolute atomic E-state index is 13.7. The summed E-state index contributed by atoms with van der Waals surface area (Å²) in [6.45, 7) is 4.10. The predicted molar refractivity (Wildman–Crippen MR) is 118 cm³/mol. The van der Waals surface area contributed by atoms with Crippen molar-refractivity contribution in [2.45, 2.75) is 57.0 Å². The number of amides is 2. The molecule has 0 unspecified atom stereocenters. The Balaban J connectivity index is 1.48. The van der Waals surface area contributed by atoms with Crippen LogP contribution in [0, 0.1) is 5.92 Å². The monoisotopic (exact) mass is 474 g/mol. The Bertz CT molecular complexity index is 1240. The minimum absolute atomic E-state index is 0.00226. The second-order valence-electron chi connectivity index (χ2n) is 9.26. The van der Waals surface area contributed by atoms with Gasteiger partial charge in [0.05, 0.1) is 28.9 Å². The van der Waals surface area contributed by atoms with Crippen molar-refractivity contribution in [3.8, 4) is 11.4 Å². The molecule has 8 nitrogen and oxygen atoms in total. The number of carbonyl (C=O) groups excluding carboxylic acids is 1. The van der Waals surface area contributed by atoms with Gasteiger partial charge in [-0.3, -0.25) is 5.32 Å². The average molecular weight is 474 g/mol. The molecule has 4 heterocycles. The van der Waals surface area contributed by atoms with E-state index in [0.29, 0.717) is 17.6 Å². The van der Waals surface area contributed by atoms with Gasteiger partial charge < -0.3 is 9.64 Å². The molecule has 1 saturated heterocycles. The third-order valence-corrected chi connectivity index (χ3v) is 7.11. The molecule has 34 heavy (non-hydrogen) atoms. The van der Waals surface area contributed by atoms with Crippen LogP contribution in [0.3, 0.4) is 0 Å². The lowest BCUT2D eigenvalue weighted by Gasteiger charge is -2.65. The Morgan fingerprint density at radius 2 is 2.09 bits per heavy atom. The predicted octanol–water partition coefficient (Wildman–Crippen LogP) is 4.62. The number of hydrogen-bond donors (Lipinski definition) is 1. The van der Waals surface area contributed by atoms with Gasteiger partial charge in [0, 0.05) is 31.1 Å². The summed E-state index contributed by atoms with van der Waals surface area (Å²) in [5.74, 6) is 0.340. The summed E-state index contributed by atoms with van der Waals surface area (Å²) in [6, 6.07) is 4.31. The van der Waals surface area contributed by atoms with E-state index in [1.165, 1.54) is 16.8 Å². The van der Waals surface area contributed by atoms with Gasteiger partial charge in [0.1, 0.15) is 5.82 Å². The Morgan fingerprint density at radius 1 is 1.29 bits per heavy atom. The van der Waals surface area contributed by atoms with Crippen molar-refractivity contribution in [1.82, 2.24) is 24.5 Å². The maximum atomic E-state index is 13.7. The fraction of sp³-hybridized carbons (Fsp3) is 0.478. The van der Waals surface area contributed by atoms with Crippen LogP contribution in [0.4, 0.5) is 23.8 Å². The van der Waals surface area contributed by atoms with E-state index in [0.717, 1.165) is 19.3 Å². The van der Waals surface area contributed by atoms with Gasteiger partial charge in [0.15, 0.2) is 5.82 Å². The molecular formula is C23H25F3N6O2. The number of fused-ring (bicyclic) bond motifs is 3. The van der Waals surface area contributed by atoms with Gasteiger partial charge in [-0.2, -0.15) is 13.2 Å². The van der Waals surface area contributed by atoms with Gasteiger partial charge in [0.25, 0.3) is 0 Å². The van der Waals surface area contributed by atoms with Crippen LogP contribution < -0.4 is 5.32 Å². The summed E-state index contributed by atoms with van der Waals surface area (Å²) in [5.41, 5.74) is -1.02. The van der Waals surface area contributed by atoms with Gasteiger partial charge in [-0.1, -0.05) is 6.92 Å². The van der Waals surface area contributed by atoms with Crippen LogP contribution in [0.2, 0.25) is 0 Å². The number of carbonyl (C=O) groups is 1. The first-order valence-corrected chi connectivity index (χ1v) is 11.1. The van der Waals surface area contributed by atoms with Gasteiger partial charge in [-0.15, -0.1) is 5.10 Å². The van der Waals surface area contributed by atoms with E-state index in [-0.39, 0.29) is 29.4 Å². The van der Waals surface area contributed by atoms with Gasteiger partial charge in [0.2, 0.25) is 0 Å². The molecule has 5 rings (SSSR count). The Hall–Kier alpha value is -3.21. The van der Waals surface area contributed by atoms with Gasteiger partial charge >= 0.3 is 12.2 Å². The standard InChI is InChI=1S/C23H25F3N6O2/c1-13-7-16-10-22(9-13,14(2)34-3)32(16)21(33)29-19-8-17(18(12-27-19)23(24,25)26)20-28-11-15-5-4-6-31(15)30-20/h4-6,8,11-14,16H,7,9-10H2,1-3H3,(H,27,29,33)/t13-,14-,16+,22-/m1/s1. The zero-order valence-electron chi connectivity index (χ0n) is 19.0. The highest BCUT2D eigenvalue weighted by Crippen LogP contribution is 2.52. The molecule has 2 bridgehead atoms. The molecule has 1 saturated carbocycles. The summed E-state index contributed by atoms with van der Waals surface area (Å²) >= 11 is 0. The van der Waals surface area contributed by atoms with Gasteiger partial charge in [-0.05, 0) is 50.3 Å². The van der Waals surface area contributed by atoms with E-state index >= 15 is 0 Å². The highest BCUT2D eigenvalue weighted by molar-refractivity contribution is 5.91. The molecule has 0 spiro atoms. The number of nitrogens with zero attached hydrogens (tertiary/aromatic N) is 5. The van der Waals surface area contributed by atoms with Crippen molar-refractivity contribution in [3.05, 3.63) is 42.4 Å².